The summed E-state index contributed by atoms with van der Waals surface area (Å²) < 4.78 is 23.6. The van der Waals surface area contributed by atoms with E-state index in [-0.39, 0.29) is 6.44 Å². The number of sulfonamides is 1. The molecule has 0 saturated carbocycles. The third-order valence-corrected chi connectivity index (χ3v) is 3.42. The van der Waals surface area contributed by atoms with Crippen LogP contribution in [0.15, 0.2) is 0 Å². The Hall–Kier alpha value is -0.105. The van der Waals surface area contributed by atoms with Gasteiger partial charge in [0.1, 0.15) is 0 Å². The molecule has 0 radical (unpaired) electrons. The molecule has 5 nitrogen and oxygen atoms in total. The Labute approximate surface area is 73.0 Å². The summed E-state index contributed by atoms with van der Waals surface area (Å²) in [6.07, 6.45) is -0.375. The molecule has 0 rings (SSSR count). The van der Waals surface area contributed by atoms with Gasteiger partial charge < -0.3 is 10.0 Å². The molecule has 0 saturated heterocycles. The Kier molecular flexibility index (Phi) is 3.70. The van der Waals surface area contributed by atoms with Crippen LogP contribution in [0.2, 0.25) is 0 Å². The summed E-state index contributed by atoms with van der Waals surface area (Å²) in [5.41, 5.74) is 0. The van der Waals surface area contributed by atoms with E-state index >= 15 is 0 Å². The van der Waals surface area contributed by atoms with Crippen LogP contribution < -0.4 is 4.72 Å². The molecule has 12 heavy (non-hydrogen) atoms. The van der Waals surface area contributed by atoms with E-state index in [9.17, 15) is 8.42 Å². The molecular weight excluding hydrogens is 181 g/mol. The van der Waals surface area contributed by atoms with Crippen LogP contribution >= 0.6 is 0 Å². The van der Waals surface area contributed by atoms with Crippen molar-refractivity contribution in [3.05, 3.63) is 0 Å². The van der Waals surface area contributed by atoms with Gasteiger partial charge in [0, 0.05) is 6.44 Å². The van der Waals surface area contributed by atoms with Gasteiger partial charge in [0.25, 0.3) is 0 Å². The molecule has 0 aromatic carbocycles. The van der Waals surface area contributed by atoms with E-state index in [1.54, 1.807) is 0 Å². The van der Waals surface area contributed by atoms with Gasteiger partial charge in [-0.15, -0.1) is 0 Å². The monoisotopic (exact) mass is 195 g/mol. The highest BCUT2D eigenvalue weighted by Crippen LogP contribution is 2.12. The van der Waals surface area contributed by atoms with Crippen molar-refractivity contribution in [2.75, 3.05) is 6.44 Å². The summed E-state index contributed by atoms with van der Waals surface area (Å²) in [7, 11) is -5.11. The first-order valence-corrected chi connectivity index (χ1v) is 5.00. The highest BCUT2D eigenvalue weighted by Gasteiger charge is 2.29. The standard InChI is InChI=1S/C5H14BNO4S/c1-5(2,3)12(10,11)7-4-6(8)9/h7-9H,4H2,1-3H3. The maximum atomic E-state index is 11.2. The van der Waals surface area contributed by atoms with E-state index in [4.69, 9.17) is 10.0 Å². The molecule has 0 unspecified atom stereocenters. The van der Waals surface area contributed by atoms with Crippen molar-refractivity contribution in [3.63, 3.8) is 0 Å². The first-order chi connectivity index (χ1) is 5.17. The van der Waals surface area contributed by atoms with Crippen molar-refractivity contribution in [2.24, 2.45) is 0 Å². The van der Waals surface area contributed by atoms with Crippen LogP contribution in [0.25, 0.3) is 0 Å². The van der Waals surface area contributed by atoms with Crippen molar-refractivity contribution < 1.29 is 18.5 Å². The normalized spacial score (nSPS) is 13.1. The fourth-order valence-corrected chi connectivity index (χ4v) is 1.20. The third kappa shape index (κ3) is 3.53. The second-order valence-corrected chi connectivity index (χ2v) is 5.97. The summed E-state index contributed by atoms with van der Waals surface area (Å²) in [6.45, 7) is 4.58. The van der Waals surface area contributed by atoms with E-state index in [0.29, 0.717) is 0 Å². The van der Waals surface area contributed by atoms with Crippen LogP contribution in [0.3, 0.4) is 0 Å². The first kappa shape index (κ1) is 11.9. The topological polar surface area (TPSA) is 86.6 Å². The van der Waals surface area contributed by atoms with Crippen LogP contribution in [0, 0.1) is 0 Å². The molecular formula is C5H14BNO4S. The molecule has 72 valence electrons. The van der Waals surface area contributed by atoms with Gasteiger partial charge in [-0.05, 0) is 20.8 Å². The molecule has 0 aromatic heterocycles. The predicted molar refractivity (Wildman–Crippen MR) is 46.9 cm³/mol. The maximum Gasteiger partial charge on any atom is 0.467 e. The predicted octanol–water partition coefficient (Wildman–Crippen LogP) is -1.28. The van der Waals surface area contributed by atoms with Gasteiger partial charge in [-0.25, -0.2) is 13.1 Å². The van der Waals surface area contributed by atoms with Gasteiger partial charge in [-0.1, -0.05) is 0 Å². The molecule has 0 aromatic rings. The van der Waals surface area contributed by atoms with Crippen molar-refractivity contribution in [2.45, 2.75) is 25.5 Å². The van der Waals surface area contributed by atoms with E-state index in [2.05, 4.69) is 4.72 Å². The van der Waals surface area contributed by atoms with Gasteiger partial charge >= 0.3 is 7.12 Å². The van der Waals surface area contributed by atoms with Gasteiger partial charge in [0.2, 0.25) is 10.0 Å². The smallest absolute Gasteiger partial charge is 0.426 e. The Bertz CT molecular complexity index is 230. The van der Waals surface area contributed by atoms with Crippen LogP contribution in [0.1, 0.15) is 20.8 Å². The van der Waals surface area contributed by atoms with Crippen molar-refractivity contribution >= 4 is 17.1 Å². The Balaban J connectivity index is 4.27. The lowest BCUT2D eigenvalue weighted by Crippen LogP contribution is -2.43. The number of hydrogen-bond donors (Lipinski definition) is 3. The lowest BCUT2D eigenvalue weighted by atomic mass is 9.94. The second-order valence-electron chi connectivity index (χ2n) is 3.44. The average molecular weight is 195 g/mol. The molecule has 0 bridgehead atoms. The third-order valence-electron chi connectivity index (χ3n) is 1.26. The number of nitrogens with one attached hydrogen (secondary N) is 1. The van der Waals surface area contributed by atoms with Crippen LogP contribution in [-0.4, -0.2) is 36.8 Å². The van der Waals surface area contributed by atoms with Crippen molar-refractivity contribution in [1.29, 1.82) is 0 Å². The Morgan fingerprint density at radius 2 is 1.75 bits per heavy atom. The van der Waals surface area contributed by atoms with E-state index in [1.807, 2.05) is 0 Å². The lowest BCUT2D eigenvalue weighted by Gasteiger charge is -2.19. The minimum atomic E-state index is -3.46. The molecule has 0 fully saturated rings. The second kappa shape index (κ2) is 3.74. The number of rotatable bonds is 3. The zero-order valence-corrected chi connectivity index (χ0v) is 8.22. The van der Waals surface area contributed by atoms with E-state index < -0.39 is 21.9 Å². The van der Waals surface area contributed by atoms with Crippen LogP contribution in [0.5, 0.6) is 0 Å². The Morgan fingerprint density at radius 3 is 2.00 bits per heavy atom. The minimum Gasteiger partial charge on any atom is -0.426 e. The first-order valence-electron chi connectivity index (χ1n) is 3.52. The zero-order chi connectivity index (χ0) is 9.99. The van der Waals surface area contributed by atoms with E-state index in [1.165, 1.54) is 20.8 Å². The SMILES string of the molecule is CC(C)(C)S(=O)(=O)NCB(O)O. The van der Waals surface area contributed by atoms with Gasteiger partial charge in [-0.3, -0.25) is 0 Å². The molecule has 0 aliphatic rings. The fraction of sp³-hybridized carbons (Fsp3) is 1.00. The zero-order valence-electron chi connectivity index (χ0n) is 7.40. The quantitative estimate of drug-likeness (QED) is 0.489. The molecule has 0 amide bonds. The van der Waals surface area contributed by atoms with Crippen LogP contribution in [0.4, 0.5) is 0 Å². The molecule has 0 aliphatic carbocycles. The minimum absolute atomic E-state index is 0.375. The lowest BCUT2D eigenvalue weighted by molar-refractivity contribution is 0.404. The molecule has 3 N–H and O–H groups in total. The molecule has 7 heteroatoms. The van der Waals surface area contributed by atoms with E-state index in [0.717, 1.165) is 0 Å². The molecule has 0 spiro atoms. The van der Waals surface area contributed by atoms with Crippen LogP contribution in [-0.2, 0) is 10.0 Å². The van der Waals surface area contributed by atoms with Gasteiger partial charge in [-0.2, -0.15) is 0 Å². The van der Waals surface area contributed by atoms with Crippen molar-refractivity contribution in [3.8, 4) is 0 Å². The summed E-state index contributed by atoms with van der Waals surface area (Å²) in [6, 6.07) is 0. The molecule has 0 aliphatic heterocycles. The maximum absolute atomic E-state index is 11.2. The highest BCUT2D eigenvalue weighted by molar-refractivity contribution is 7.90. The van der Waals surface area contributed by atoms with Gasteiger partial charge in [0.05, 0.1) is 4.75 Å². The summed E-state index contributed by atoms with van der Waals surface area (Å²) >= 11 is 0. The Morgan fingerprint density at radius 1 is 1.33 bits per heavy atom. The summed E-state index contributed by atoms with van der Waals surface area (Å²) in [5, 5.41) is 16.8. The van der Waals surface area contributed by atoms with Gasteiger partial charge in [0.15, 0.2) is 0 Å². The molecule has 0 atom stereocenters. The summed E-state index contributed by atoms with van der Waals surface area (Å²) in [5.74, 6) is 0. The fourth-order valence-electron chi connectivity index (χ4n) is 0.401. The average Bonchev–Trinajstić information content (AvgIpc) is 1.81. The number of hydrogen-bond acceptors (Lipinski definition) is 4. The highest BCUT2D eigenvalue weighted by atomic mass is 32.2. The molecule has 0 heterocycles. The summed E-state index contributed by atoms with van der Waals surface area (Å²) in [4.78, 5) is 0. The van der Waals surface area contributed by atoms with Crippen molar-refractivity contribution in [1.82, 2.24) is 4.72 Å². The largest absolute Gasteiger partial charge is 0.467 e.